The SMILES string of the molecule is Cn1ncc2c(Oc3cc(F)cc(Br)c3)ncnc21. The van der Waals surface area contributed by atoms with E-state index in [1.807, 2.05) is 0 Å². The average molecular weight is 323 g/mol. The molecule has 2 heterocycles. The van der Waals surface area contributed by atoms with Crippen molar-refractivity contribution in [2.75, 3.05) is 0 Å². The van der Waals surface area contributed by atoms with Crippen LogP contribution in [0.4, 0.5) is 4.39 Å². The summed E-state index contributed by atoms with van der Waals surface area (Å²) >= 11 is 3.21. The van der Waals surface area contributed by atoms with Gasteiger partial charge in [-0.1, -0.05) is 15.9 Å². The second kappa shape index (κ2) is 4.58. The molecule has 0 aliphatic carbocycles. The summed E-state index contributed by atoms with van der Waals surface area (Å²) in [6.45, 7) is 0. The van der Waals surface area contributed by atoms with Gasteiger partial charge in [0.05, 0.1) is 6.20 Å². The molecule has 3 aromatic rings. The van der Waals surface area contributed by atoms with E-state index in [0.29, 0.717) is 27.1 Å². The molecule has 2 aromatic heterocycles. The van der Waals surface area contributed by atoms with Crippen molar-refractivity contribution in [1.29, 1.82) is 0 Å². The molecule has 0 bridgehead atoms. The maximum Gasteiger partial charge on any atom is 0.233 e. The molecule has 0 N–H and O–H groups in total. The Labute approximate surface area is 116 Å². The summed E-state index contributed by atoms with van der Waals surface area (Å²) in [5, 5.41) is 4.76. The van der Waals surface area contributed by atoms with Gasteiger partial charge in [-0.15, -0.1) is 0 Å². The number of halogens is 2. The van der Waals surface area contributed by atoms with Gasteiger partial charge in [-0.25, -0.2) is 14.4 Å². The van der Waals surface area contributed by atoms with Gasteiger partial charge in [0.15, 0.2) is 5.65 Å². The van der Waals surface area contributed by atoms with Gasteiger partial charge in [0, 0.05) is 17.6 Å². The molecule has 0 radical (unpaired) electrons. The molecule has 96 valence electrons. The molecular formula is C12H8BrFN4O. The van der Waals surface area contributed by atoms with E-state index in [0.717, 1.165) is 0 Å². The number of fused-ring (bicyclic) bond motifs is 1. The van der Waals surface area contributed by atoms with Crippen LogP contribution >= 0.6 is 15.9 Å². The zero-order valence-electron chi connectivity index (χ0n) is 9.84. The fourth-order valence-electron chi connectivity index (χ4n) is 1.72. The Hall–Kier alpha value is -2.02. The van der Waals surface area contributed by atoms with Gasteiger partial charge in [0.2, 0.25) is 5.88 Å². The Morgan fingerprint density at radius 1 is 1.26 bits per heavy atom. The first-order valence-corrected chi connectivity index (χ1v) is 6.19. The average Bonchev–Trinajstić information content (AvgIpc) is 2.71. The molecule has 0 fully saturated rings. The highest BCUT2D eigenvalue weighted by Gasteiger charge is 2.10. The minimum absolute atomic E-state index is 0.343. The second-order valence-corrected chi connectivity index (χ2v) is 4.81. The zero-order valence-corrected chi connectivity index (χ0v) is 11.4. The molecule has 19 heavy (non-hydrogen) atoms. The van der Waals surface area contributed by atoms with Crippen LogP contribution in [-0.2, 0) is 7.05 Å². The number of hydrogen-bond acceptors (Lipinski definition) is 4. The molecule has 0 saturated heterocycles. The number of aryl methyl sites for hydroxylation is 1. The molecular weight excluding hydrogens is 315 g/mol. The van der Waals surface area contributed by atoms with Crippen molar-refractivity contribution in [2.24, 2.45) is 7.05 Å². The zero-order chi connectivity index (χ0) is 13.4. The van der Waals surface area contributed by atoms with Gasteiger partial charge in [0.1, 0.15) is 23.3 Å². The minimum Gasteiger partial charge on any atom is -0.438 e. The van der Waals surface area contributed by atoms with Crippen molar-refractivity contribution in [3.8, 4) is 11.6 Å². The van der Waals surface area contributed by atoms with Crippen LogP contribution in [0.3, 0.4) is 0 Å². The lowest BCUT2D eigenvalue weighted by Gasteiger charge is -2.06. The van der Waals surface area contributed by atoms with Gasteiger partial charge in [-0.2, -0.15) is 5.10 Å². The van der Waals surface area contributed by atoms with E-state index in [4.69, 9.17) is 4.74 Å². The molecule has 0 aliphatic heterocycles. The van der Waals surface area contributed by atoms with Crippen molar-refractivity contribution >= 4 is 27.0 Å². The standard InChI is InChI=1S/C12H8BrFN4O/c1-18-11-10(5-17-18)12(16-6-15-11)19-9-3-7(13)2-8(14)4-9/h2-6H,1H3. The highest BCUT2D eigenvalue weighted by Crippen LogP contribution is 2.28. The van der Waals surface area contributed by atoms with E-state index >= 15 is 0 Å². The first-order chi connectivity index (χ1) is 9.13. The summed E-state index contributed by atoms with van der Waals surface area (Å²) in [6, 6.07) is 4.30. The van der Waals surface area contributed by atoms with Crippen LogP contribution in [0.5, 0.6) is 11.6 Å². The third-order valence-electron chi connectivity index (χ3n) is 2.54. The van der Waals surface area contributed by atoms with E-state index in [-0.39, 0.29) is 5.82 Å². The molecule has 7 heteroatoms. The van der Waals surface area contributed by atoms with Crippen LogP contribution in [0.25, 0.3) is 11.0 Å². The van der Waals surface area contributed by atoms with Gasteiger partial charge >= 0.3 is 0 Å². The summed E-state index contributed by atoms with van der Waals surface area (Å²) in [5.74, 6) is 0.312. The lowest BCUT2D eigenvalue weighted by Crippen LogP contribution is -1.94. The predicted octanol–water partition coefficient (Wildman–Crippen LogP) is 3.06. The van der Waals surface area contributed by atoms with Crippen LogP contribution in [0.2, 0.25) is 0 Å². The first-order valence-electron chi connectivity index (χ1n) is 5.40. The molecule has 0 spiro atoms. The lowest BCUT2D eigenvalue weighted by molar-refractivity contribution is 0.462. The van der Waals surface area contributed by atoms with E-state index in [1.165, 1.54) is 18.5 Å². The fourth-order valence-corrected chi connectivity index (χ4v) is 2.17. The topological polar surface area (TPSA) is 52.8 Å². The van der Waals surface area contributed by atoms with E-state index in [2.05, 4.69) is 31.0 Å². The minimum atomic E-state index is -0.388. The Bertz CT molecular complexity index is 738. The van der Waals surface area contributed by atoms with Crippen molar-refractivity contribution in [3.63, 3.8) is 0 Å². The summed E-state index contributed by atoms with van der Waals surface area (Å²) in [5.41, 5.74) is 0.653. The van der Waals surface area contributed by atoms with Crippen LogP contribution < -0.4 is 4.74 Å². The van der Waals surface area contributed by atoms with Crippen molar-refractivity contribution in [3.05, 3.63) is 41.0 Å². The Balaban J connectivity index is 2.05. The Kier molecular flexibility index (Phi) is 2.90. The molecule has 0 atom stereocenters. The highest BCUT2D eigenvalue weighted by molar-refractivity contribution is 9.10. The van der Waals surface area contributed by atoms with Gasteiger partial charge < -0.3 is 4.74 Å². The normalized spacial score (nSPS) is 10.9. The van der Waals surface area contributed by atoms with E-state index < -0.39 is 0 Å². The molecule has 5 nitrogen and oxygen atoms in total. The van der Waals surface area contributed by atoms with E-state index in [9.17, 15) is 4.39 Å². The number of aromatic nitrogens is 4. The maximum absolute atomic E-state index is 13.3. The summed E-state index contributed by atoms with van der Waals surface area (Å²) in [7, 11) is 1.78. The van der Waals surface area contributed by atoms with Crippen molar-refractivity contribution < 1.29 is 9.13 Å². The molecule has 0 aliphatic rings. The van der Waals surface area contributed by atoms with Crippen LogP contribution in [0.15, 0.2) is 35.2 Å². The predicted molar refractivity (Wildman–Crippen MR) is 70.5 cm³/mol. The van der Waals surface area contributed by atoms with E-state index in [1.54, 1.807) is 24.0 Å². The number of benzene rings is 1. The molecule has 1 aromatic carbocycles. The van der Waals surface area contributed by atoms with Crippen LogP contribution in [0, 0.1) is 5.82 Å². The van der Waals surface area contributed by atoms with Crippen molar-refractivity contribution in [2.45, 2.75) is 0 Å². The first kappa shape index (κ1) is 12.0. The third-order valence-corrected chi connectivity index (χ3v) is 3.00. The van der Waals surface area contributed by atoms with Crippen LogP contribution in [-0.4, -0.2) is 19.7 Å². The lowest BCUT2D eigenvalue weighted by atomic mass is 10.3. The van der Waals surface area contributed by atoms with Gasteiger partial charge in [-0.3, -0.25) is 4.68 Å². The summed E-state index contributed by atoms with van der Waals surface area (Å²) in [6.07, 6.45) is 2.99. The molecule has 0 saturated carbocycles. The van der Waals surface area contributed by atoms with Crippen LogP contribution in [0.1, 0.15) is 0 Å². The summed E-state index contributed by atoms with van der Waals surface area (Å²) < 4.78 is 21.1. The third kappa shape index (κ3) is 2.28. The number of ether oxygens (including phenoxy) is 1. The van der Waals surface area contributed by atoms with Crippen molar-refractivity contribution in [1.82, 2.24) is 19.7 Å². The Morgan fingerprint density at radius 3 is 2.89 bits per heavy atom. The fraction of sp³-hybridized carbons (Fsp3) is 0.0833. The molecule has 0 amide bonds. The largest absolute Gasteiger partial charge is 0.438 e. The smallest absolute Gasteiger partial charge is 0.233 e. The molecule has 3 rings (SSSR count). The highest BCUT2D eigenvalue weighted by atomic mass is 79.9. The maximum atomic E-state index is 13.3. The summed E-state index contributed by atoms with van der Waals surface area (Å²) in [4.78, 5) is 8.15. The molecule has 0 unspecified atom stereocenters. The number of hydrogen-bond donors (Lipinski definition) is 0. The number of nitrogens with zero attached hydrogens (tertiary/aromatic N) is 4. The second-order valence-electron chi connectivity index (χ2n) is 3.89. The Morgan fingerprint density at radius 2 is 2.11 bits per heavy atom. The van der Waals surface area contributed by atoms with Gasteiger partial charge in [-0.05, 0) is 12.1 Å². The quantitative estimate of drug-likeness (QED) is 0.727. The number of rotatable bonds is 2. The monoisotopic (exact) mass is 322 g/mol. The van der Waals surface area contributed by atoms with Gasteiger partial charge in [0.25, 0.3) is 0 Å².